The summed E-state index contributed by atoms with van der Waals surface area (Å²) in [6, 6.07) is 0. The Kier molecular flexibility index (Phi) is 15.2. The minimum Gasteiger partial charge on any atom is -0.346 e. The van der Waals surface area contributed by atoms with Crippen molar-refractivity contribution in [2.45, 2.75) is 91.3 Å². The van der Waals surface area contributed by atoms with E-state index in [-0.39, 0.29) is 0 Å². The van der Waals surface area contributed by atoms with Crippen molar-refractivity contribution in [1.82, 2.24) is 0 Å². The van der Waals surface area contributed by atoms with Crippen molar-refractivity contribution >= 4 is 0 Å². The zero-order valence-electron chi connectivity index (χ0n) is 15.6. The molecule has 1 N–H and O–H groups in total. The molecule has 0 aliphatic heterocycles. The fraction of sp³-hybridized carbons (Fsp3) is 1.00. The maximum absolute atomic E-state index is 10.8. The van der Waals surface area contributed by atoms with Gasteiger partial charge in [0.25, 0.3) is 0 Å². The van der Waals surface area contributed by atoms with Crippen LogP contribution in [0.1, 0.15) is 79.1 Å². The van der Waals surface area contributed by atoms with Gasteiger partial charge in [0.1, 0.15) is 0 Å². The van der Waals surface area contributed by atoms with Crippen molar-refractivity contribution < 1.29 is 24.1 Å². The molecule has 0 amide bonds. The molecule has 0 unspecified atom stereocenters. The average Bonchev–Trinajstić information content (AvgIpc) is 2.54. The third kappa shape index (κ3) is 11.1. The van der Waals surface area contributed by atoms with Crippen LogP contribution in [0.3, 0.4) is 0 Å². The van der Waals surface area contributed by atoms with Crippen molar-refractivity contribution in [1.29, 1.82) is 0 Å². The second-order valence-corrected chi connectivity index (χ2v) is 5.82. The standard InChI is InChI=1S/C18H38O5/c1-5-9-13-20-17(21-14-10-6-2)18(19,22-15-11-7-3)23-16-12-8-4/h17,19H,5-16H2,1-4H3. The lowest BCUT2D eigenvalue weighted by Crippen LogP contribution is -2.51. The number of unbranched alkanes of at least 4 members (excludes halogenated alkanes) is 4. The normalized spacial score (nSPS) is 12.3. The lowest BCUT2D eigenvalue weighted by atomic mass is 10.3. The predicted molar refractivity (Wildman–Crippen MR) is 92.2 cm³/mol. The van der Waals surface area contributed by atoms with Crippen LogP contribution < -0.4 is 0 Å². The second kappa shape index (κ2) is 15.3. The van der Waals surface area contributed by atoms with Crippen LogP contribution in [0.25, 0.3) is 0 Å². The van der Waals surface area contributed by atoms with Gasteiger partial charge in [0.05, 0.1) is 26.4 Å². The van der Waals surface area contributed by atoms with Crippen molar-refractivity contribution in [3.05, 3.63) is 0 Å². The van der Waals surface area contributed by atoms with E-state index in [1.165, 1.54) is 0 Å². The highest BCUT2D eigenvalue weighted by molar-refractivity contribution is 4.62. The molecule has 0 aliphatic carbocycles. The Morgan fingerprint density at radius 1 is 0.652 bits per heavy atom. The SMILES string of the molecule is CCCCOC(OCCCC)C(O)(OCCCC)OCCCC. The van der Waals surface area contributed by atoms with E-state index in [0.29, 0.717) is 26.4 Å². The second-order valence-electron chi connectivity index (χ2n) is 5.82. The van der Waals surface area contributed by atoms with E-state index in [2.05, 4.69) is 27.7 Å². The lowest BCUT2D eigenvalue weighted by molar-refractivity contribution is -0.443. The Hall–Kier alpha value is -0.200. The van der Waals surface area contributed by atoms with Gasteiger partial charge < -0.3 is 24.1 Å². The topological polar surface area (TPSA) is 57.2 Å². The summed E-state index contributed by atoms with van der Waals surface area (Å²) in [6.45, 7) is 10.2. The number of rotatable bonds is 17. The van der Waals surface area contributed by atoms with Gasteiger partial charge in [0.15, 0.2) is 0 Å². The summed E-state index contributed by atoms with van der Waals surface area (Å²) in [5.41, 5.74) is 0. The molecule has 5 heteroatoms. The van der Waals surface area contributed by atoms with E-state index in [4.69, 9.17) is 18.9 Å². The fourth-order valence-corrected chi connectivity index (χ4v) is 1.83. The zero-order valence-corrected chi connectivity index (χ0v) is 15.6. The van der Waals surface area contributed by atoms with Crippen LogP contribution in [0.5, 0.6) is 0 Å². The number of hydrogen-bond acceptors (Lipinski definition) is 5. The Labute approximate surface area is 142 Å². The van der Waals surface area contributed by atoms with E-state index < -0.39 is 12.3 Å². The maximum atomic E-state index is 10.8. The van der Waals surface area contributed by atoms with E-state index in [1.54, 1.807) is 0 Å². The van der Waals surface area contributed by atoms with Gasteiger partial charge in [-0.15, -0.1) is 0 Å². The van der Waals surface area contributed by atoms with Gasteiger partial charge in [-0.25, -0.2) is 0 Å². The van der Waals surface area contributed by atoms with Crippen molar-refractivity contribution in [3.8, 4) is 0 Å². The van der Waals surface area contributed by atoms with Gasteiger partial charge >= 0.3 is 5.97 Å². The molecule has 0 aromatic rings. The van der Waals surface area contributed by atoms with Gasteiger partial charge in [0, 0.05) is 0 Å². The van der Waals surface area contributed by atoms with E-state index in [0.717, 1.165) is 51.4 Å². The number of hydrogen-bond donors (Lipinski definition) is 1. The van der Waals surface area contributed by atoms with Crippen LogP contribution in [-0.2, 0) is 18.9 Å². The number of aliphatic hydroxyl groups is 1. The zero-order chi connectivity index (χ0) is 17.4. The predicted octanol–water partition coefficient (Wildman–Crippen LogP) is 4.23. The van der Waals surface area contributed by atoms with Crippen LogP contribution in [0.15, 0.2) is 0 Å². The Morgan fingerprint density at radius 2 is 1.00 bits per heavy atom. The van der Waals surface area contributed by atoms with Crippen molar-refractivity contribution in [2.75, 3.05) is 26.4 Å². The highest BCUT2D eigenvalue weighted by atomic mass is 16.9. The highest BCUT2D eigenvalue weighted by Gasteiger charge is 2.41. The molecular formula is C18H38O5. The van der Waals surface area contributed by atoms with Gasteiger partial charge in [-0.3, -0.25) is 0 Å². The van der Waals surface area contributed by atoms with Gasteiger partial charge in [-0.1, -0.05) is 53.4 Å². The molecule has 0 radical (unpaired) electrons. The summed E-state index contributed by atoms with van der Waals surface area (Å²) < 4.78 is 22.7. The number of ether oxygens (including phenoxy) is 4. The fourth-order valence-electron chi connectivity index (χ4n) is 1.83. The van der Waals surface area contributed by atoms with Crippen LogP contribution in [0, 0.1) is 0 Å². The third-order valence-corrected chi connectivity index (χ3v) is 3.45. The van der Waals surface area contributed by atoms with Gasteiger partial charge in [-0.2, -0.15) is 0 Å². The summed E-state index contributed by atoms with van der Waals surface area (Å²) in [7, 11) is 0. The third-order valence-electron chi connectivity index (χ3n) is 3.45. The van der Waals surface area contributed by atoms with Gasteiger partial charge in [-0.05, 0) is 25.7 Å². The lowest BCUT2D eigenvalue weighted by Gasteiger charge is -2.34. The van der Waals surface area contributed by atoms with E-state index >= 15 is 0 Å². The Bertz CT molecular complexity index is 228. The summed E-state index contributed by atoms with van der Waals surface area (Å²) in [6.07, 6.45) is 6.65. The molecular weight excluding hydrogens is 296 g/mol. The van der Waals surface area contributed by atoms with Crippen LogP contribution in [0.2, 0.25) is 0 Å². The van der Waals surface area contributed by atoms with Crippen molar-refractivity contribution in [2.24, 2.45) is 0 Å². The molecule has 0 aromatic heterocycles. The molecule has 0 heterocycles. The first-order valence-corrected chi connectivity index (χ1v) is 9.38. The molecule has 0 spiro atoms. The molecule has 5 nitrogen and oxygen atoms in total. The monoisotopic (exact) mass is 334 g/mol. The highest BCUT2D eigenvalue weighted by Crippen LogP contribution is 2.21. The minimum absolute atomic E-state index is 0.421. The molecule has 0 aromatic carbocycles. The molecule has 0 aliphatic rings. The summed E-state index contributed by atoms with van der Waals surface area (Å²) in [5, 5.41) is 10.8. The van der Waals surface area contributed by atoms with E-state index in [9.17, 15) is 5.11 Å². The largest absolute Gasteiger partial charge is 0.346 e. The molecule has 0 saturated carbocycles. The molecule has 0 fully saturated rings. The smallest absolute Gasteiger partial charge is 0.334 e. The first kappa shape index (κ1) is 22.8. The summed E-state index contributed by atoms with van der Waals surface area (Å²) in [5.74, 6) is -1.83. The quantitative estimate of drug-likeness (QED) is 0.319. The average molecular weight is 334 g/mol. The molecule has 0 atom stereocenters. The van der Waals surface area contributed by atoms with Gasteiger partial charge in [0.2, 0.25) is 6.29 Å². The minimum atomic E-state index is -1.83. The molecule has 0 bridgehead atoms. The molecule has 0 saturated heterocycles. The Morgan fingerprint density at radius 3 is 1.35 bits per heavy atom. The van der Waals surface area contributed by atoms with Crippen LogP contribution in [-0.4, -0.2) is 43.8 Å². The van der Waals surface area contributed by atoms with Crippen LogP contribution in [0.4, 0.5) is 0 Å². The molecule has 0 rings (SSSR count). The first-order valence-electron chi connectivity index (χ1n) is 9.38. The molecule has 23 heavy (non-hydrogen) atoms. The first-order chi connectivity index (χ1) is 11.1. The summed E-state index contributed by atoms with van der Waals surface area (Å²) >= 11 is 0. The van der Waals surface area contributed by atoms with E-state index in [1.807, 2.05) is 0 Å². The van der Waals surface area contributed by atoms with Crippen molar-refractivity contribution in [3.63, 3.8) is 0 Å². The molecule has 140 valence electrons. The Balaban J connectivity index is 4.74. The maximum Gasteiger partial charge on any atom is 0.334 e. The summed E-state index contributed by atoms with van der Waals surface area (Å²) in [4.78, 5) is 0. The van der Waals surface area contributed by atoms with Crippen LogP contribution >= 0.6 is 0 Å².